The molecule has 45 heavy (non-hydrogen) atoms. The molecular formula is C41H32N4. The van der Waals surface area contributed by atoms with E-state index in [-0.39, 0.29) is 5.41 Å². The zero-order chi connectivity index (χ0) is 30.7. The molecule has 0 aliphatic carbocycles. The molecule has 3 aromatic heterocycles. The lowest BCUT2D eigenvalue weighted by Gasteiger charge is -2.20. The van der Waals surface area contributed by atoms with E-state index in [9.17, 15) is 0 Å². The van der Waals surface area contributed by atoms with Crippen molar-refractivity contribution in [1.82, 2.24) is 19.1 Å². The van der Waals surface area contributed by atoms with Crippen molar-refractivity contribution < 1.29 is 0 Å². The molecule has 0 radical (unpaired) electrons. The summed E-state index contributed by atoms with van der Waals surface area (Å²) in [5, 5.41) is 4.60. The summed E-state index contributed by atoms with van der Waals surface area (Å²) in [5.41, 5.74) is 9.51. The summed E-state index contributed by atoms with van der Waals surface area (Å²) in [7, 11) is 0. The van der Waals surface area contributed by atoms with Crippen LogP contribution in [0.15, 0.2) is 121 Å². The molecule has 216 valence electrons. The van der Waals surface area contributed by atoms with E-state index in [4.69, 9.17) is 9.97 Å². The molecular weight excluding hydrogens is 548 g/mol. The van der Waals surface area contributed by atoms with Gasteiger partial charge in [-0.25, -0.2) is 9.97 Å². The third-order valence-corrected chi connectivity index (χ3v) is 8.74. The maximum absolute atomic E-state index is 5.27. The van der Waals surface area contributed by atoms with Crippen molar-refractivity contribution in [2.45, 2.75) is 33.1 Å². The van der Waals surface area contributed by atoms with Gasteiger partial charge in [-0.3, -0.25) is 4.57 Å². The Morgan fingerprint density at radius 1 is 0.622 bits per heavy atom. The minimum atomic E-state index is 0.0177. The summed E-state index contributed by atoms with van der Waals surface area (Å²) in [6.07, 6.45) is 1.96. The van der Waals surface area contributed by atoms with Crippen molar-refractivity contribution in [3.8, 4) is 34.6 Å². The average Bonchev–Trinajstić information content (AvgIpc) is 3.57. The van der Waals surface area contributed by atoms with Crippen molar-refractivity contribution in [3.63, 3.8) is 0 Å². The first kappa shape index (κ1) is 26.9. The van der Waals surface area contributed by atoms with Crippen molar-refractivity contribution in [2.24, 2.45) is 0 Å². The number of para-hydroxylation sites is 3. The minimum absolute atomic E-state index is 0.0177. The first-order chi connectivity index (χ1) is 21.9. The van der Waals surface area contributed by atoms with Gasteiger partial charge in [-0.15, -0.1) is 5.92 Å². The van der Waals surface area contributed by atoms with Crippen molar-refractivity contribution in [1.29, 1.82) is 0 Å². The molecule has 4 heteroatoms. The smallest absolute Gasteiger partial charge is 0.162 e. The first-order valence-corrected chi connectivity index (χ1v) is 15.4. The second-order valence-electron chi connectivity index (χ2n) is 12.5. The van der Waals surface area contributed by atoms with Gasteiger partial charge in [-0.2, -0.15) is 0 Å². The predicted molar refractivity (Wildman–Crippen MR) is 187 cm³/mol. The number of benzene rings is 5. The Bertz CT molecular complexity index is 2480. The standard InChI is InChI=1S/C41H32N4/c1-5-14-29-33(39-42-26-34-31-18-10-11-20-35(31)44(40(34)43-39)28-15-7-6-8-16-28)19-13-22-37(29)45-36-21-12-9-17-30(36)32-24-23-27(25-38(32)45)41(2,3)4/h6-13,15-26H,1-4H3. The molecule has 8 aromatic rings. The Hall–Kier alpha value is -5.66. The third-order valence-electron chi connectivity index (χ3n) is 8.74. The van der Waals surface area contributed by atoms with Crippen LogP contribution in [0.3, 0.4) is 0 Å². The molecule has 0 aliphatic heterocycles. The van der Waals surface area contributed by atoms with Crippen LogP contribution in [0, 0.1) is 11.8 Å². The third kappa shape index (κ3) is 4.24. The van der Waals surface area contributed by atoms with E-state index in [1.807, 2.05) is 19.2 Å². The van der Waals surface area contributed by atoms with Crippen LogP contribution in [-0.4, -0.2) is 19.1 Å². The van der Waals surface area contributed by atoms with E-state index in [1.165, 1.54) is 21.9 Å². The lowest BCUT2D eigenvalue weighted by atomic mass is 9.86. The van der Waals surface area contributed by atoms with E-state index >= 15 is 0 Å². The Labute approximate surface area is 262 Å². The summed E-state index contributed by atoms with van der Waals surface area (Å²) in [5.74, 6) is 7.32. The quantitative estimate of drug-likeness (QED) is 0.195. The number of fused-ring (bicyclic) bond motifs is 6. The Morgan fingerprint density at radius 2 is 1.29 bits per heavy atom. The van der Waals surface area contributed by atoms with Gasteiger partial charge in [0, 0.05) is 39.0 Å². The Balaban J connectivity index is 1.42. The molecule has 0 spiro atoms. The van der Waals surface area contributed by atoms with Gasteiger partial charge in [0.1, 0.15) is 5.65 Å². The van der Waals surface area contributed by atoms with E-state index in [2.05, 4.69) is 151 Å². The van der Waals surface area contributed by atoms with Gasteiger partial charge >= 0.3 is 0 Å². The molecule has 8 rings (SSSR count). The lowest BCUT2D eigenvalue weighted by Crippen LogP contribution is -2.11. The zero-order valence-electron chi connectivity index (χ0n) is 25.8. The summed E-state index contributed by atoms with van der Waals surface area (Å²) < 4.78 is 4.59. The highest BCUT2D eigenvalue weighted by Crippen LogP contribution is 2.38. The number of aromatic nitrogens is 4. The monoisotopic (exact) mass is 580 g/mol. The highest BCUT2D eigenvalue weighted by atomic mass is 15.1. The molecule has 0 fully saturated rings. The van der Waals surface area contributed by atoms with Crippen molar-refractivity contribution >= 4 is 43.7 Å². The van der Waals surface area contributed by atoms with Gasteiger partial charge in [-0.1, -0.05) is 99.5 Å². The number of hydrogen-bond donors (Lipinski definition) is 0. The second-order valence-corrected chi connectivity index (χ2v) is 12.5. The van der Waals surface area contributed by atoms with Crippen LogP contribution in [0.4, 0.5) is 0 Å². The van der Waals surface area contributed by atoms with Crippen LogP contribution in [-0.2, 0) is 5.41 Å². The number of rotatable bonds is 3. The van der Waals surface area contributed by atoms with E-state index in [1.54, 1.807) is 0 Å². The maximum Gasteiger partial charge on any atom is 0.162 e. The first-order valence-electron chi connectivity index (χ1n) is 15.4. The normalized spacial score (nSPS) is 11.8. The lowest BCUT2D eigenvalue weighted by molar-refractivity contribution is 0.591. The summed E-state index contributed by atoms with van der Waals surface area (Å²) in [4.78, 5) is 10.2. The SMILES string of the molecule is CC#Cc1c(-c2ncc3c4ccccc4n(-c4ccccc4)c3n2)cccc1-n1c2ccccc2c2ccc(C(C)(C)C)cc21. The van der Waals surface area contributed by atoms with Crippen LogP contribution in [0.1, 0.15) is 38.8 Å². The summed E-state index contributed by atoms with van der Waals surface area (Å²) >= 11 is 0. The maximum atomic E-state index is 5.27. The topological polar surface area (TPSA) is 35.6 Å². The molecule has 0 aliphatic rings. The molecule has 0 N–H and O–H groups in total. The average molecular weight is 581 g/mol. The summed E-state index contributed by atoms with van der Waals surface area (Å²) in [6.45, 7) is 8.68. The highest BCUT2D eigenvalue weighted by molar-refractivity contribution is 6.10. The molecule has 0 saturated heterocycles. The highest BCUT2D eigenvalue weighted by Gasteiger charge is 2.22. The van der Waals surface area contributed by atoms with Gasteiger partial charge in [0.05, 0.1) is 27.8 Å². The fourth-order valence-electron chi connectivity index (χ4n) is 6.58. The van der Waals surface area contributed by atoms with Gasteiger partial charge in [0.15, 0.2) is 5.82 Å². The Morgan fingerprint density at radius 3 is 2.02 bits per heavy atom. The van der Waals surface area contributed by atoms with Crippen molar-refractivity contribution in [2.75, 3.05) is 0 Å². The fourth-order valence-corrected chi connectivity index (χ4v) is 6.58. The molecule has 4 nitrogen and oxygen atoms in total. The molecule has 0 bridgehead atoms. The summed E-state index contributed by atoms with van der Waals surface area (Å²) in [6, 6.07) is 40.7. The zero-order valence-corrected chi connectivity index (χ0v) is 25.8. The van der Waals surface area contributed by atoms with Crippen LogP contribution in [0.2, 0.25) is 0 Å². The van der Waals surface area contributed by atoms with E-state index < -0.39 is 0 Å². The van der Waals surface area contributed by atoms with Gasteiger partial charge in [0.25, 0.3) is 0 Å². The molecule has 5 aromatic carbocycles. The molecule has 0 atom stereocenters. The van der Waals surface area contributed by atoms with E-state index in [0.29, 0.717) is 5.82 Å². The van der Waals surface area contributed by atoms with E-state index in [0.717, 1.165) is 50.0 Å². The molecule has 3 heterocycles. The largest absolute Gasteiger partial charge is 0.308 e. The van der Waals surface area contributed by atoms with Crippen LogP contribution < -0.4 is 0 Å². The second kappa shape index (κ2) is 10.2. The molecule has 0 unspecified atom stereocenters. The van der Waals surface area contributed by atoms with Crippen LogP contribution >= 0.6 is 0 Å². The van der Waals surface area contributed by atoms with Gasteiger partial charge in [0.2, 0.25) is 0 Å². The fraction of sp³-hybridized carbons (Fsp3) is 0.122. The van der Waals surface area contributed by atoms with Crippen LogP contribution in [0.5, 0.6) is 0 Å². The van der Waals surface area contributed by atoms with Crippen LogP contribution in [0.25, 0.3) is 66.5 Å². The Kier molecular flexibility index (Phi) is 6.11. The minimum Gasteiger partial charge on any atom is -0.308 e. The van der Waals surface area contributed by atoms with Gasteiger partial charge in [-0.05, 0) is 60.4 Å². The molecule has 0 saturated carbocycles. The predicted octanol–water partition coefficient (Wildman–Crippen LogP) is 10.0. The number of hydrogen-bond acceptors (Lipinski definition) is 2. The number of nitrogens with zero attached hydrogens (tertiary/aromatic N) is 4. The molecule has 0 amide bonds. The van der Waals surface area contributed by atoms with Crippen molar-refractivity contribution in [3.05, 3.63) is 133 Å². The van der Waals surface area contributed by atoms with Gasteiger partial charge < -0.3 is 4.57 Å².